The molecular formula is C62H96BrF2MgNO6. The third kappa shape index (κ3) is 13.7. The Morgan fingerprint density at radius 2 is 1.14 bits per heavy atom. The molecule has 0 spiro atoms. The number of nitrogens with zero attached hydrogens (tertiary/aromatic N) is 1. The average Bonchev–Trinajstić information content (AvgIpc) is 4.10. The number of amides is 1. The number of rotatable bonds is 4. The number of ketones is 1. The summed E-state index contributed by atoms with van der Waals surface area (Å²) in [7, 11) is 3.34. The number of fused-ring (bicyclic) bond motifs is 10. The van der Waals surface area contributed by atoms with E-state index >= 15 is 0 Å². The van der Waals surface area contributed by atoms with Crippen LogP contribution in [-0.4, -0.2) is 88.6 Å². The maximum atomic E-state index is 14.1. The van der Waals surface area contributed by atoms with Crippen molar-refractivity contribution in [2.45, 2.75) is 196 Å². The van der Waals surface area contributed by atoms with Crippen molar-refractivity contribution in [3.63, 3.8) is 0 Å². The smallest absolute Gasteiger partial charge is 1.00 e. The first-order chi connectivity index (χ1) is 32.8. The molecule has 1 aliphatic heterocycles. The van der Waals surface area contributed by atoms with Crippen molar-refractivity contribution in [3.8, 4) is 0 Å². The number of carbonyl (C=O) groups excluding carboxylic acids is 2. The Labute approximate surface area is 468 Å². The molecule has 1 saturated heterocycles. The molecule has 8 aliphatic carbocycles. The molecule has 9 aliphatic rings. The number of Topliss-reactive ketones (excluding diaryl/α,β-unsaturated/α-hetero) is 1. The first kappa shape index (κ1) is 64.1. The number of aryl methyl sites for hydroxylation is 2. The maximum Gasteiger partial charge on any atom is 2.00 e. The van der Waals surface area contributed by atoms with E-state index in [9.17, 15) is 28.6 Å². The zero-order valence-electron chi connectivity index (χ0n) is 44.8. The second kappa shape index (κ2) is 26.5. The van der Waals surface area contributed by atoms with Crippen molar-refractivity contribution in [1.29, 1.82) is 0 Å². The summed E-state index contributed by atoms with van der Waals surface area (Å²) in [5.74, 6) is 7.53. The molecular weight excluding hydrogens is 997 g/mol. The fourth-order valence-electron chi connectivity index (χ4n) is 17.3. The predicted molar refractivity (Wildman–Crippen MR) is 287 cm³/mol. The van der Waals surface area contributed by atoms with Gasteiger partial charge >= 0.3 is 23.1 Å². The quantitative estimate of drug-likeness (QED) is 0.137. The van der Waals surface area contributed by atoms with Gasteiger partial charge in [0.2, 0.25) is 5.91 Å². The van der Waals surface area contributed by atoms with Crippen molar-refractivity contribution in [3.05, 3.63) is 70.8 Å². The topological polar surface area (TPSA) is 96.3 Å². The van der Waals surface area contributed by atoms with Gasteiger partial charge in [-0.15, -0.1) is 11.6 Å². The van der Waals surface area contributed by atoms with Crippen LogP contribution in [0, 0.1) is 113 Å². The Bertz CT molecular complexity index is 2070. The van der Waals surface area contributed by atoms with Crippen LogP contribution in [0.4, 0.5) is 8.78 Å². The molecule has 7 nitrogen and oxygen atoms in total. The van der Waals surface area contributed by atoms with Crippen LogP contribution < -0.4 is 17.0 Å². The standard InChI is InChI=1S/C27H37FO2.C22H37NO3.C7H6F.C4H8O.2CH4.BrH.Mg/c1-16-4-5-17(14-24(16)28)25(29)23-9-8-22-21-7-6-18-15-26(2,30)12-10-19(18)20(21)11-13-27(22,23)3;1-21(25)11-9-15-14(13-21)5-6-17-16(15)10-12-22(2)18(17)7-8-19(22)20(24)23(3)26-4;1-6-4-2-3-5-7(6)8;1-2-4-5-3-1;;;;/h4-5,14,18-23,30H,6-13,15H2,1-3H3;14-19,25H,5-13H2,1-4H3;2,4-5H,1H3;1-4H2;2*1H4;1H;/q;;-1;;;;;+2/p-1/t18-,19+,20-,21-,22+,23-,26-,27+;14-,15+,16-,17-,18+,19-,21-,22+;;;;;;/m11....../s1. The van der Waals surface area contributed by atoms with E-state index in [1.54, 1.807) is 46.2 Å². The Hall–Kier alpha value is -1.47. The molecule has 2 aromatic rings. The van der Waals surface area contributed by atoms with Crippen molar-refractivity contribution in [1.82, 2.24) is 5.06 Å². The minimum atomic E-state index is -0.467. The molecule has 11 heteroatoms. The van der Waals surface area contributed by atoms with Crippen LogP contribution in [0.5, 0.6) is 0 Å². The monoisotopic (exact) mass is 1090 g/mol. The van der Waals surface area contributed by atoms with Gasteiger partial charge in [0.05, 0.1) is 18.3 Å². The van der Waals surface area contributed by atoms with Crippen LogP contribution in [0.1, 0.15) is 192 Å². The summed E-state index contributed by atoms with van der Waals surface area (Å²) in [5.41, 5.74) is 1.14. The molecule has 0 radical (unpaired) electrons. The summed E-state index contributed by atoms with van der Waals surface area (Å²) >= 11 is 0. The van der Waals surface area contributed by atoms with Crippen LogP contribution in [-0.2, 0) is 14.4 Å². The largest absolute Gasteiger partial charge is 2.00 e. The number of carbonyl (C=O) groups is 2. The van der Waals surface area contributed by atoms with E-state index < -0.39 is 11.2 Å². The van der Waals surface area contributed by atoms with E-state index in [0.29, 0.717) is 34.4 Å². The van der Waals surface area contributed by atoms with E-state index in [1.807, 2.05) is 19.9 Å². The van der Waals surface area contributed by atoms with Gasteiger partial charge in [0.25, 0.3) is 0 Å². The summed E-state index contributed by atoms with van der Waals surface area (Å²) < 4.78 is 31.4. The molecule has 1 heterocycles. The van der Waals surface area contributed by atoms with Crippen LogP contribution in [0.25, 0.3) is 0 Å². The molecule has 16 atom stereocenters. The summed E-state index contributed by atoms with van der Waals surface area (Å²) in [6.07, 6.45) is 23.1. The van der Waals surface area contributed by atoms with Gasteiger partial charge in [-0.1, -0.05) is 47.8 Å². The minimum Gasteiger partial charge on any atom is -1.00 e. The normalized spacial score (nSPS) is 39.3. The Morgan fingerprint density at radius 3 is 1.58 bits per heavy atom. The Balaban J connectivity index is 0.000000244. The van der Waals surface area contributed by atoms with E-state index in [2.05, 4.69) is 19.9 Å². The van der Waals surface area contributed by atoms with Gasteiger partial charge in [0.15, 0.2) is 5.78 Å². The molecule has 9 fully saturated rings. The average molecular weight is 1090 g/mol. The number of hydroxylamine groups is 2. The second-order valence-electron chi connectivity index (χ2n) is 25.0. The van der Waals surface area contributed by atoms with Crippen molar-refractivity contribution >= 4 is 34.7 Å². The summed E-state index contributed by atoms with van der Waals surface area (Å²) in [6, 6.07) is 12.4. The van der Waals surface area contributed by atoms with Gasteiger partial charge in [0, 0.05) is 43.5 Å². The van der Waals surface area contributed by atoms with E-state index in [1.165, 1.54) is 94.2 Å². The SMILES string of the molecule is C.C.C1CCOC1.CON(C)C(=O)[C@H]1CC[C@H]2[C@@H]3CC[C@@H]4C[C@](C)(O)CC[C@@H]4[C@H]3CC[C@]12C.Cc1cc[c-]cc1F.Cc1ccc(C(=O)[C@H]2CC[C@H]3[C@@H]4CC[C@@H]5C[C@](C)(O)CC[C@@H]5[C@H]4CC[C@]23C)cc1F.[Br-].[Mg+2]. The predicted octanol–water partition coefficient (Wildman–Crippen LogP) is 11.0. The molecule has 2 N–H and O–H groups in total. The van der Waals surface area contributed by atoms with Gasteiger partial charge in [-0.2, -0.15) is 18.2 Å². The number of benzene rings is 2. The molecule has 0 bridgehead atoms. The zero-order chi connectivity index (χ0) is 49.5. The van der Waals surface area contributed by atoms with Crippen LogP contribution >= 0.6 is 0 Å². The molecule has 2 aromatic carbocycles. The van der Waals surface area contributed by atoms with Crippen molar-refractivity contribution < 1.29 is 55.1 Å². The van der Waals surface area contributed by atoms with Gasteiger partial charge in [0.1, 0.15) is 5.82 Å². The first-order valence-corrected chi connectivity index (χ1v) is 27.5. The van der Waals surface area contributed by atoms with Gasteiger partial charge < -0.3 is 31.9 Å². The Morgan fingerprint density at radius 1 is 0.658 bits per heavy atom. The zero-order valence-corrected chi connectivity index (χ0v) is 47.8. The second-order valence-corrected chi connectivity index (χ2v) is 25.0. The molecule has 8 saturated carbocycles. The molecule has 0 unspecified atom stereocenters. The van der Waals surface area contributed by atoms with E-state index in [4.69, 9.17) is 9.57 Å². The summed E-state index contributed by atoms with van der Waals surface area (Å²) in [4.78, 5) is 31.5. The minimum absolute atomic E-state index is 0. The van der Waals surface area contributed by atoms with Gasteiger partial charge in [-0.05, 0) is 231 Å². The number of aliphatic hydroxyl groups is 2. The first-order valence-electron chi connectivity index (χ1n) is 27.5. The molecule has 1 amide bonds. The van der Waals surface area contributed by atoms with Gasteiger partial charge in [-0.25, -0.2) is 9.45 Å². The van der Waals surface area contributed by atoms with Crippen molar-refractivity contribution in [2.24, 2.45) is 81.8 Å². The van der Waals surface area contributed by atoms with E-state index in [0.717, 1.165) is 106 Å². The third-order valence-corrected chi connectivity index (χ3v) is 21.0. The number of hydrogen-bond donors (Lipinski definition) is 2. The number of halogens is 3. The fourth-order valence-corrected chi connectivity index (χ4v) is 17.3. The fraction of sp³-hybridized carbons (Fsp3) is 0.774. The third-order valence-electron chi connectivity index (χ3n) is 21.0. The molecule has 73 heavy (non-hydrogen) atoms. The van der Waals surface area contributed by atoms with E-state index in [-0.39, 0.29) is 101 Å². The number of hydrogen-bond acceptors (Lipinski definition) is 6. The molecule has 11 rings (SSSR count). The van der Waals surface area contributed by atoms with Crippen molar-refractivity contribution in [2.75, 3.05) is 27.4 Å². The summed E-state index contributed by atoms with van der Waals surface area (Å²) in [5, 5.41) is 22.5. The van der Waals surface area contributed by atoms with Crippen LogP contribution in [0.3, 0.4) is 0 Å². The van der Waals surface area contributed by atoms with Gasteiger partial charge in [-0.3, -0.25) is 18.8 Å². The maximum absolute atomic E-state index is 14.1. The number of ether oxygens (including phenoxy) is 1. The summed E-state index contributed by atoms with van der Waals surface area (Å²) in [6.45, 7) is 14.3. The molecule has 408 valence electrons. The molecule has 0 aromatic heterocycles. The van der Waals surface area contributed by atoms with Crippen LogP contribution in [0.15, 0.2) is 36.4 Å². The Kier molecular flexibility index (Phi) is 23.2. The van der Waals surface area contributed by atoms with Crippen LogP contribution in [0.2, 0.25) is 0 Å².